The van der Waals surface area contributed by atoms with E-state index >= 15 is 0 Å². The lowest BCUT2D eigenvalue weighted by Crippen LogP contribution is -2.36. The lowest BCUT2D eigenvalue weighted by Gasteiger charge is -2.19. The van der Waals surface area contributed by atoms with Crippen LogP contribution in [-0.4, -0.2) is 42.8 Å². The summed E-state index contributed by atoms with van der Waals surface area (Å²) in [6, 6.07) is 22.2. The highest BCUT2D eigenvalue weighted by molar-refractivity contribution is 6.04. The van der Waals surface area contributed by atoms with E-state index in [1.165, 1.54) is 0 Å². The Kier molecular flexibility index (Phi) is 8.75. The maximum atomic E-state index is 12.9. The zero-order chi connectivity index (χ0) is 25.4. The largest absolute Gasteiger partial charge is 0.345 e. The molecule has 0 saturated carbocycles. The van der Waals surface area contributed by atoms with Crippen LogP contribution in [0.3, 0.4) is 0 Å². The van der Waals surface area contributed by atoms with Gasteiger partial charge in [0.1, 0.15) is 0 Å². The Morgan fingerprint density at radius 1 is 0.771 bits per heavy atom. The molecular weight excluding hydrogens is 440 g/mol. The maximum absolute atomic E-state index is 12.9. The second kappa shape index (κ2) is 11.9. The Balaban J connectivity index is 1.57. The molecule has 7 heteroatoms. The topological polar surface area (TPSA) is 90.5 Å². The maximum Gasteiger partial charge on any atom is 0.253 e. The van der Waals surface area contributed by atoms with E-state index in [4.69, 9.17) is 0 Å². The molecule has 0 spiro atoms. The average Bonchev–Trinajstić information content (AvgIpc) is 2.82. The third kappa shape index (κ3) is 7.25. The molecule has 0 unspecified atom stereocenters. The number of para-hydroxylation sites is 2. The molecule has 0 radical (unpaired) electrons. The Labute approximate surface area is 206 Å². The summed E-state index contributed by atoms with van der Waals surface area (Å²) in [6.07, 6.45) is 0. The van der Waals surface area contributed by atoms with Crippen molar-refractivity contribution in [3.05, 3.63) is 95.1 Å². The first-order valence-electron chi connectivity index (χ1n) is 11.5. The van der Waals surface area contributed by atoms with Gasteiger partial charge < -0.3 is 16.0 Å². The third-order valence-electron chi connectivity index (χ3n) is 5.67. The van der Waals surface area contributed by atoms with Crippen molar-refractivity contribution < 1.29 is 14.4 Å². The van der Waals surface area contributed by atoms with E-state index in [2.05, 4.69) is 16.0 Å². The molecule has 0 heterocycles. The Bertz CT molecular complexity index is 1170. The van der Waals surface area contributed by atoms with E-state index in [1.54, 1.807) is 36.2 Å². The summed E-state index contributed by atoms with van der Waals surface area (Å²) in [5.74, 6) is -0.797. The first kappa shape index (κ1) is 25.6. The minimum absolute atomic E-state index is 0.00343. The summed E-state index contributed by atoms with van der Waals surface area (Å²) < 4.78 is 0. The van der Waals surface area contributed by atoms with Crippen LogP contribution in [0.4, 0.5) is 11.4 Å². The first-order chi connectivity index (χ1) is 16.7. The Morgan fingerprint density at radius 3 is 2.00 bits per heavy atom. The van der Waals surface area contributed by atoms with Crippen LogP contribution >= 0.6 is 0 Å². The number of aryl methyl sites for hydroxylation is 2. The van der Waals surface area contributed by atoms with E-state index in [9.17, 15) is 14.4 Å². The molecule has 182 valence electrons. The van der Waals surface area contributed by atoms with Gasteiger partial charge in [0.05, 0.1) is 30.4 Å². The third-order valence-corrected chi connectivity index (χ3v) is 5.67. The van der Waals surface area contributed by atoms with Gasteiger partial charge in [-0.1, -0.05) is 60.7 Å². The molecule has 35 heavy (non-hydrogen) atoms. The van der Waals surface area contributed by atoms with Crippen LogP contribution in [0.2, 0.25) is 0 Å². The molecule has 0 bridgehead atoms. The number of amides is 3. The molecule has 0 aliphatic rings. The van der Waals surface area contributed by atoms with E-state index in [-0.39, 0.29) is 36.9 Å². The van der Waals surface area contributed by atoms with Crippen LogP contribution < -0.4 is 16.0 Å². The molecule has 7 nitrogen and oxygen atoms in total. The normalized spacial score (nSPS) is 11.6. The van der Waals surface area contributed by atoms with Crippen molar-refractivity contribution in [1.29, 1.82) is 0 Å². The van der Waals surface area contributed by atoms with Crippen LogP contribution in [-0.2, 0) is 9.59 Å². The number of rotatable bonds is 9. The molecule has 0 aliphatic carbocycles. The summed E-state index contributed by atoms with van der Waals surface area (Å²) in [5, 5.41) is 8.70. The lowest BCUT2D eigenvalue weighted by atomic mass is 10.1. The Hall–Kier alpha value is -3.97. The molecule has 0 saturated heterocycles. The van der Waals surface area contributed by atoms with Gasteiger partial charge in [0.2, 0.25) is 11.8 Å². The summed E-state index contributed by atoms with van der Waals surface area (Å²) in [6.45, 7) is 5.84. The van der Waals surface area contributed by atoms with Crippen molar-refractivity contribution in [3.8, 4) is 0 Å². The van der Waals surface area contributed by atoms with Gasteiger partial charge in [0.25, 0.3) is 5.91 Å². The number of nitrogens with zero attached hydrogens (tertiary/aromatic N) is 1. The van der Waals surface area contributed by atoms with E-state index in [0.717, 1.165) is 22.4 Å². The van der Waals surface area contributed by atoms with Crippen LogP contribution in [0.5, 0.6) is 0 Å². The number of anilines is 2. The second-order valence-electron chi connectivity index (χ2n) is 8.69. The van der Waals surface area contributed by atoms with Gasteiger partial charge in [-0.25, -0.2) is 0 Å². The van der Waals surface area contributed by atoms with Gasteiger partial charge in [0, 0.05) is 5.69 Å². The van der Waals surface area contributed by atoms with Crippen molar-refractivity contribution in [2.24, 2.45) is 0 Å². The first-order valence-corrected chi connectivity index (χ1v) is 11.5. The fraction of sp³-hybridized carbons (Fsp3) is 0.250. The van der Waals surface area contributed by atoms with Crippen molar-refractivity contribution in [2.75, 3.05) is 30.8 Å². The molecule has 3 amide bonds. The summed E-state index contributed by atoms with van der Waals surface area (Å²) >= 11 is 0. The monoisotopic (exact) mass is 472 g/mol. The Morgan fingerprint density at radius 2 is 1.34 bits per heavy atom. The highest BCUT2D eigenvalue weighted by Gasteiger charge is 2.17. The molecule has 1 atom stereocenters. The summed E-state index contributed by atoms with van der Waals surface area (Å²) in [7, 11) is 1.70. The molecule has 3 N–H and O–H groups in total. The fourth-order valence-corrected chi connectivity index (χ4v) is 3.82. The summed E-state index contributed by atoms with van der Waals surface area (Å²) in [4.78, 5) is 39.7. The second-order valence-corrected chi connectivity index (χ2v) is 8.69. The average molecular weight is 473 g/mol. The minimum Gasteiger partial charge on any atom is -0.345 e. The predicted octanol–water partition coefficient (Wildman–Crippen LogP) is 4.30. The number of nitrogens with one attached hydrogen (secondary N) is 3. The van der Waals surface area contributed by atoms with E-state index < -0.39 is 0 Å². The number of hydrogen-bond acceptors (Lipinski definition) is 4. The predicted molar refractivity (Wildman–Crippen MR) is 139 cm³/mol. The van der Waals surface area contributed by atoms with Gasteiger partial charge >= 0.3 is 0 Å². The van der Waals surface area contributed by atoms with Crippen molar-refractivity contribution in [1.82, 2.24) is 10.2 Å². The number of likely N-dealkylation sites (N-methyl/N-ethyl adjacent to an activating group) is 1. The molecular formula is C28H32N4O3. The highest BCUT2D eigenvalue weighted by Crippen LogP contribution is 2.20. The minimum atomic E-state index is -0.316. The summed E-state index contributed by atoms with van der Waals surface area (Å²) in [5.41, 5.74) is 4.54. The standard InChI is InChI=1S/C28H32N4O3/c1-19-11-10-12-20(2)27(19)31-26(34)18-32(4)17-25(33)30-24-16-9-8-15-23(24)28(35)29-21(3)22-13-6-5-7-14-22/h5-16,21H,17-18H2,1-4H3,(H,29,35)(H,30,33)(H,31,34)/t21-/m1/s1. The zero-order valence-corrected chi connectivity index (χ0v) is 20.6. The van der Waals surface area contributed by atoms with Gasteiger partial charge in [-0.2, -0.15) is 0 Å². The van der Waals surface area contributed by atoms with Crippen LogP contribution in [0, 0.1) is 13.8 Å². The van der Waals surface area contributed by atoms with Crippen molar-refractivity contribution in [3.63, 3.8) is 0 Å². The van der Waals surface area contributed by atoms with Crippen LogP contribution in [0.15, 0.2) is 72.8 Å². The quantitative estimate of drug-likeness (QED) is 0.433. The van der Waals surface area contributed by atoms with Gasteiger partial charge in [-0.3, -0.25) is 19.3 Å². The van der Waals surface area contributed by atoms with E-state index in [0.29, 0.717) is 11.3 Å². The molecule has 0 aliphatic heterocycles. The SMILES string of the molecule is Cc1cccc(C)c1NC(=O)CN(C)CC(=O)Nc1ccccc1C(=O)N[C@H](C)c1ccccc1. The zero-order valence-electron chi connectivity index (χ0n) is 20.6. The fourth-order valence-electron chi connectivity index (χ4n) is 3.82. The van der Waals surface area contributed by atoms with Gasteiger partial charge in [0.15, 0.2) is 0 Å². The van der Waals surface area contributed by atoms with E-state index in [1.807, 2.05) is 69.3 Å². The number of carbonyl (C=O) groups is 3. The van der Waals surface area contributed by atoms with Crippen LogP contribution in [0.1, 0.15) is 40.0 Å². The van der Waals surface area contributed by atoms with Crippen molar-refractivity contribution >= 4 is 29.1 Å². The van der Waals surface area contributed by atoms with Gasteiger partial charge in [-0.05, 0) is 56.6 Å². The van der Waals surface area contributed by atoms with Crippen molar-refractivity contribution in [2.45, 2.75) is 26.8 Å². The molecule has 0 aromatic heterocycles. The highest BCUT2D eigenvalue weighted by atomic mass is 16.2. The molecule has 3 aromatic rings. The number of benzene rings is 3. The molecule has 0 fully saturated rings. The number of carbonyl (C=O) groups excluding carboxylic acids is 3. The molecule has 3 rings (SSSR count). The smallest absolute Gasteiger partial charge is 0.253 e. The lowest BCUT2D eigenvalue weighted by molar-refractivity contribution is -0.119. The van der Waals surface area contributed by atoms with Gasteiger partial charge in [-0.15, -0.1) is 0 Å². The van der Waals surface area contributed by atoms with Crippen LogP contribution in [0.25, 0.3) is 0 Å². The molecule has 3 aromatic carbocycles. The number of hydrogen-bond donors (Lipinski definition) is 3.